The molecule has 1 aromatic carbocycles. The second kappa shape index (κ2) is 8.38. The van der Waals surface area contributed by atoms with E-state index in [-0.39, 0.29) is 30.1 Å². The average molecular weight is 415 g/mol. The van der Waals surface area contributed by atoms with E-state index in [0.29, 0.717) is 19.0 Å². The Morgan fingerprint density at radius 2 is 2.23 bits per heavy atom. The van der Waals surface area contributed by atoms with E-state index in [1.165, 1.54) is 0 Å². The lowest BCUT2D eigenvalue weighted by atomic mass is 10.2. The number of hydrogen-bond donors (Lipinski definition) is 2. The summed E-state index contributed by atoms with van der Waals surface area (Å²) in [4.78, 5) is 4.31. The molecule has 3 rings (SSSR count). The molecule has 2 aromatic rings. The van der Waals surface area contributed by atoms with Crippen molar-refractivity contribution in [2.75, 3.05) is 19.7 Å². The van der Waals surface area contributed by atoms with Crippen molar-refractivity contribution in [2.24, 2.45) is 10.7 Å². The fraction of sp³-hybridized carbons (Fsp3) is 0.438. The molecule has 1 aliphatic heterocycles. The minimum Gasteiger partial charge on any atom is -0.461 e. The topological polar surface area (TPSA) is 72.8 Å². The van der Waals surface area contributed by atoms with Gasteiger partial charge in [0.05, 0.1) is 12.6 Å². The van der Waals surface area contributed by atoms with Crippen molar-refractivity contribution in [3.05, 3.63) is 36.1 Å². The SMILES string of the molecule is I.NC(=NCC1CCCO1)NCCc1cc2ccccc2o1. The summed E-state index contributed by atoms with van der Waals surface area (Å²) < 4.78 is 11.3. The molecule has 5 nitrogen and oxygen atoms in total. The molecule has 0 bridgehead atoms. The van der Waals surface area contributed by atoms with Gasteiger partial charge in [0.15, 0.2) is 5.96 Å². The number of ether oxygens (including phenoxy) is 1. The Hall–Kier alpha value is -1.28. The number of hydrogen-bond acceptors (Lipinski definition) is 3. The number of para-hydroxylation sites is 1. The average Bonchev–Trinajstić information content (AvgIpc) is 3.14. The Morgan fingerprint density at radius 3 is 3.00 bits per heavy atom. The van der Waals surface area contributed by atoms with Crippen LogP contribution in [0.5, 0.6) is 0 Å². The predicted octanol–water partition coefficient (Wildman–Crippen LogP) is 2.68. The highest BCUT2D eigenvalue weighted by atomic mass is 127. The van der Waals surface area contributed by atoms with Gasteiger partial charge in [-0.2, -0.15) is 0 Å². The third kappa shape index (κ3) is 4.61. The van der Waals surface area contributed by atoms with Gasteiger partial charge in [-0.05, 0) is 25.0 Å². The number of fused-ring (bicyclic) bond motifs is 1. The van der Waals surface area contributed by atoms with Crippen LogP contribution in [-0.4, -0.2) is 31.8 Å². The van der Waals surface area contributed by atoms with Crippen LogP contribution in [0.25, 0.3) is 11.0 Å². The van der Waals surface area contributed by atoms with Crippen molar-refractivity contribution in [2.45, 2.75) is 25.4 Å². The number of nitrogens with one attached hydrogen (secondary N) is 1. The lowest BCUT2D eigenvalue weighted by Crippen LogP contribution is -2.34. The van der Waals surface area contributed by atoms with Crippen LogP contribution in [0.15, 0.2) is 39.7 Å². The van der Waals surface area contributed by atoms with Gasteiger partial charge in [0.1, 0.15) is 11.3 Å². The highest BCUT2D eigenvalue weighted by Gasteiger charge is 2.14. The van der Waals surface area contributed by atoms with Gasteiger partial charge in [-0.25, -0.2) is 0 Å². The lowest BCUT2D eigenvalue weighted by molar-refractivity contribution is 0.118. The number of aliphatic imine (C=N–C) groups is 1. The highest BCUT2D eigenvalue weighted by Crippen LogP contribution is 2.18. The molecule has 0 amide bonds. The molecule has 0 saturated carbocycles. The Morgan fingerprint density at radius 1 is 1.36 bits per heavy atom. The van der Waals surface area contributed by atoms with Crippen LogP contribution < -0.4 is 11.1 Å². The molecule has 0 spiro atoms. The zero-order valence-corrected chi connectivity index (χ0v) is 14.8. The van der Waals surface area contributed by atoms with Crippen LogP contribution in [0.1, 0.15) is 18.6 Å². The zero-order valence-electron chi connectivity index (χ0n) is 12.5. The molecule has 3 N–H and O–H groups in total. The van der Waals surface area contributed by atoms with Gasteiger partial charge in [0, 0.05) is 25.0 Å². The number of guanidine groups is 1. The van der Waals surface area contributed by atoms with Gasteiger partial charge < -0.3 is 20.2 Å². The monoisotopic (exact) mass is 415 g/mol. The van der Waals surface area contributed by atoms with Crippen molar-refractivity contribution in [1.29, 1.82) is 0 Å². The summed E-state index contributed by atoms with van der Waals surface area (Å²) in [5.74, 6) is 1.43. The zero-order chi connectivity index (χ0) is 14.5. The van der Waals surface area contributed by atoms with E-state index >= 15 is 0 Å². The van der Waals surface area contributed by atoms with E-state index in [0.717, 1.165) is 42.6 Å². The first kappa shape index (κ1) is 17.1. The van der Waals surface area contributed by atoms with Crippen LogP contribution >= 0.6 is 24.0 Å². The minimum atomic E-state index is 0. The Labute approximate surface area is 147 Å². The number of nitrogens with two attached hydrogens (primary N) is 1. The van der Waals surface area contributed by atoms with Crippen LogP contribution in [0.3, 0.4) is 0 Å². The van der Waals surface area contributed by atoms with Crippen LogP contribution in [0.2, 0.25) is 0 Å². The van der Waals surface area contributed by atoms with E-state index in [1.807, 2.05) is 24.3 Å². The number of halogens is 1. The molecule has 1 unspecified atom stereocenters. The number of furan rings is 1. The lowest BCUT2D eigenvalue weighted by Gasteiger charge is -2.07. The summed E-state index contributed by atoms with van der Waals surface area (Å²) in [6.07, 6.45) is 3.22. The van der Waals surface area contributed by atoms with Gasteiger partial charge in [-0.15, -0.1) is 24.0 Å². The second-order valence-electron chi connectivity index (χ2n) is 5.29. The summed E-state index contributed by atoms with van der Waals surface area (Å²) in [5.41, 5.74) is 6.77. The Balaban J connectivity index is 0.00000176. The molecule has 0 radical (unpaired) electrons. The summed E-state index contributed by atoms with van der Waals surface area (Å²) in [5, 5.41) is 4.24. The van der Waals surface area contributed by atoms with E-state index in [9.17, 15) is 0 Å². The molecule has 1 atom stereocenters. The quantitative estimate of drug-likeness (QED) is 0.448. The van der Waals surface area contributed by atoms with Crippen molar-refractivity contribution in [3.8, 4) is 0 Å². The first-order chi connectivity index (χ1) is 10.3. The van der Waals surface area contributed by atoms with Crippen LogP contribution in [0.4, 0.5) is 0 Å². The molecule has 1 aliphatic rings. The maximum absolute atomic E-state index is 5.84. The standard InChI is InChI=1S/C16H21N3O2.HI/c17-16(19-11-14-5-3-9-20-14)18-8-7-13-10-12-4-1-2-6-15(12)21-13;/h1-2,4,6,10,14H,3,5,7-9,11H2,(H3,17,18,19);1H. The maximum Gasteiger partial charge on any atom is 0.188 e. The first-order valence-corrected chi connectivity index (χ1v) is 7.44. The van der Waals surface area contributed by atoms with Crippen molar-refractivity contribution < 1.29 is 9.15 Å². The summed E-state index contributed by atoms with van der Waals surface area (Å²) in [6.45, 7) is 2.20. The van der Waals surface area contributed by atoms with Gasteiger partial charge in [-0.1, -0.05) is 18.2 Å². The molecule has 0 aliphatic carbocycles. The summed E-state index contributed by atoms with van der Waals surface area (Å²) >= 11 is 0. The van der Waals surface area contributed by atoms with E-state index in [4.69, 9.17) is 14.9 Å². The molecule has 6 heteroatoms. The van der Waals surface area contributed by atoms with Crippen molar-refractivity contribution in [1.82, 2.24) is 5.32 Å². The number of benzene rings is 1. The van der Waals surface area contributed by atoms with Crippen molar-refractivity contribution >= 4 is 40.9 Å². The smallest absolute Gasteiger partial charge is 0.188 e. The molecule has 1 aromatic heterocycles. The third-order valence-corrected chi connectivity index (χ3v) is 3.64. The largest absolute Gasteiger partial charge is 0.461 e. The molecular weight excluding hydrogens is 393 g/mol. The Kier molecular flexibility index (Phi) is 6.50. The van der Waals surface area contributed by atoms with Gasteiger partial charge in [-0.3, -0.25) is 4.99 Å². The van der Waals surface area contributed by atoms with E-state index < -0.39 is 0 Å². The fourth-order valence-electron chi connectivity index (χ4n) is 2.52. The fourth-order valence-corrected chi connectivity index (χ4v) is 2.52. The van der Waals surface area contributed by atoms with Crippen LogP contribution in [0, 0.1) is 0 Å². The predicted molar refractivity (Wildman–Crippen MR) is 98.8 cm³/mol. The third-order valence-electron chi connectivity index (χ3n) is 3.64. The normalized spacial score (nSPS) is 18.4. The Bertz CT molecular complexity index is 588. The van der Waals surface area contributed by atoms with Gasteiger partial charge >= 0.3 is 0 Å². The summed E-state index contributed by atoms with van der Waals surface area (Å²) in [6, 6.07) is 10.1. The maximum atomic E-state index is 5.84. The molecule has 22 heavy (non-hydrogen) atoms. The molecule has 2 heterocycles. The first-order valence-electron chi connectivity index (χ1n) is 7.44. The number of rotatable bonds is 5. The summed E-state index contributed by atoms with van der Waals surface area (Å²) in [7, 11) is 0. The van der Waals surface area contributed by atoms with E-state index in [2.05, 4.69) is 16.4 Å². The molecule has 1 saturated heterocycles. The minimum absolute atomic E-state index is 0. The highest BCUT2D eigenvalue weighted by molar-refractivity contribution is 14.0. The second-order valence-corrected chi connectivity index (χ2v) is 5.29. The van der Waals surface area contributed by atoms with Crippen LogP contribution in [-0.2, 0) is 11.2 Å². The van der Waals surface area contributed by atoms with Gasteiger partial charge in [0.25, 0.3) is 0 Å². The molecule has 120 valence electrons. The van der Waals surface area contributed by atoms with Crippen molar-refractivity contribution in [3.63, 3.8) is 0 Å². The molecular formula is C16H22IN3O2. The van der Waals surface area contributed by atoms with Gasteiger partial charge in [0.2, 0.25) is 0 Å². The number of nitrogens with zero attached hydrogens (tertiary/aromatic N) is 1. The van der Waals surface area contributed by atoms with E-state index in [1.54, 1.807) is 0 Å². The molecule has 1 fully saturated rings.